The predicted octanol–water partition coefficient (Wildman–Crippen LogP) is 6.40. The van der Waals surface area contributed by atoms with E-state index < -0.39 is 0 Å². The average molecular weight is 356 g/mol. The van der Waals surface area contributed by atoms with Crippen LogP contribution in [0.25, 0.3) is 0 Å². The lowest BCUT2D eigenvalue weighted by Gasteiger charge is -2.22. The van der Waals surface area contributed by atoms with Crippen molar-refractivity contribution in [1.29, 1.82) is 0 Å². The van der Waals surface area contributed by atoms with E-state index in [0.29, 0.717) is 11.8 Å². The number of rotatable bonds is 2. The molecule has 2 aromatic heterocycles. The third kappa shape index (κ3) is 6.86. The number of hydrogen-bond acceptors (Lipinski definition) is 3. The molecule has 0 spiro atoms. The van der Waals surface area contributed by atoms with Crippen molar-refractivity contribution < 1.29 is 0 Å². The monoisotopic (exact) mass is 355 g/mol. The molecule has 144 valence electrons. The van der Waals surface area contributed by atoms with Gasteiger partial charge in [0.05, 0.1) is 11.4 Å². The second-order valence-electron chi connectivity index (χ2n) is 9.62. The minimum atomic E-state index is 0.149. The standard InChI is InChI=1S/C13H21N.C10H16N2/c1-12(2,3)10-7-8-11(14-9-10)13(4,5)6;1-7(2)9-5-6-10(8(3)4)12-11-9/h7-9H,1-6H3;5-8H,1-4H3. The largest absolute Gasteiger partial charge is 0.260 e. The topological polar surface area (TPSA) is 38.7 Å². The molecule has 0 aromatic carbocycles. The number of pyridine rings is 1. The molecule has 0 aliphatic heterocycles. The highest BCUT2D eigenvalue weighted by atomic mass is 15.1. The lowest BCUT2D eigenvalue weighted by molar-refractivity contribution is 0.556. The first-order valence-electron chi connectivity index (χ1n) is 9.63. The minimum absolute atomic E-state index is 0.149. The first kappa shape index (κ1) is 22.3. The molecule has 0 saturated carbocycles. The molecule has 0 aliphatic carbocycles. The molecule has 0 atom stereocenters. The Hall–Kier alpha value is -1.77. The molecule has 0 fully saturated rings. The Labute approximate surface area is 160 Å². The fraction of sp³-hybridized carbons (Fsp3) is 0.609. The fourth-order valence-electron chi connectivity index (χ4n) is 2.25. The molecule has 2 aromatic rings. The van der Waals surface area contributed by atoms with Crippen molar-refractivity contribution in [3.63, 3.8) is 0 Å². The van der Waals surface area contributed by atoms with Crippen LogP contribution in [-0.2, 0) is 10.8 Å². The Kier molecular flexibility index (Phi) is 7.49. The van der Waals surface area contributed by atoms with E-state index in [0.717, 1.165) is 17.1 Å². The summed E-state index contributed by atoms with van der Waals surface area (Å²) >= 11 is 0. The molecule has 3 nitrogen and oxygen atoms in total. The van der Waals surface area contributed by atoms with E-state index in [-0.39, 0.29) is 10.8 Å². The van der Waals surface area contributed by atoms with Crippen molar-refractivity contribution in [3.8, 4) is 0 Å². The summed E-state index contributed by atoms with van der Waals surface area (Å²) in [5.41, 5.74) is 4.94. The molecular formula is C23H37N3. The van der Waals surface area contributed by atoms with Crippen LogP contribution in [0.3, 0.4) is 0 Å². The molecule has 3 heteroatoms. The quantitative estimate of drug-likeness (QED) is 0.625. The molecule has 0 unspecified atom stereocenters. The smallest absolute Gasteiger partial charge is 0.0656 e. The predicted molar refractivity (Wildman–Crippen MR) is 112 cm³/mol. The molecule has 0 aliphatic rings. The van der Waals surface area contributed by atoms with Crippen molar-refractivity contribution in [2.45, 2.75) is 91.9 Å². The van der Waals surface area contributed by atoms with E-state index in [1.807, 2.05) is 6.20 Å². The highest BCUT2D eigenvalue weighted by Crippen LogP contribution is 2.24. The highest BCUT2D eigenvalue weighted by Gasteiger charge is 2.18. The van der Waals surface area contributed by atoms with Gasteiger partial charge in [-0.15, -0.1) is 0 Å². The summed E-state index contributed by atoms with van der Waals surface area (Å²) in [7, 11) is 0. The van der Waals surface area contributed by atoms with Crippen LogP contribution in [0.4, 0.5) is 0 Å². The lowest BCUT2D eigenvalue weighted by Crippen LogP contribution is -2.16. The Balaban J connectivity index is 0.000000263. The Morgan fingerprint density at radius 2 is 1.12 bits per heavy atom. The van der Waals surface area contributed by atoms with Gasteiger partial charge in [-0.3, -0.25) is 4.98 Å². The summed E-state index contributed by atoms with van der Waals surface area (Å²) < 4.78 is 0. The van der Waals surface area contributed by atoms with Gasteiger partial charge in [-0.2, -0.15) is 10.2 Å². The minimum Gasteiger partial charge on any atom is -0.260 e. The summed E-state index contributed by atoms with van der Waals surface area (Å²) in [5, 5.41) is 8.30. The SMILES string of the molecule is CC(C)(C)c1ccc(C(C)(C)C)nc1.CC(C)c1ccc(C(C)C)nn1. The van der Waals surface area contributed by atoms with Crippen molar-refractivity contribution in [1.82, 2.24) is 15.2 Å². The Bertz CT molecular complexity index is 595. The first-order valence-corrected chi connectivity index (χ1v) is 9.63. The molecule has 0 radical (unpaired) electrons. The summed E-state index contributed by atoms with van der Waals surface area (Å²) in [4.78, 5) is 4.52. The zero-order chi connectivity index (χ0) is 20.1. The molecular weight excluding hydrogens is 318 g/mol. The van der Waals surface area contributed by atoms with E-state index in [1.54, 1.807) is 0 Å². The van der Waals surface area contributed by atoms with Gasteiger partial charge in [0.25, 0.3) is 0 Å². The Morgan fingerprint density at radius 1 is 0.654 bits per heavy atom. The maximum absolute atomic E-state index is 4.52. The molecule has 0 N–H and O–H groups in total. The Morgan fingerprint density at radius 3 is 1.35 bits per heavy atom. The van der Waals surface area contributed by atoms with Crippen LogP contribution in [0.1, 0.15) is 104 Å². The van der Waals surface area contributed by atoms with E-state index in [4.69, 9.17) is 0 Å². The van der Waals surface area contributed by atoms with Crippen LogP contribution < -0.4 is 0 Å². The molecule has 2 rings (SSSR count). The van der Waals surface area contributed by atoms with Gasteiger partial charge in [-0.25, -0.2) is 0 Å². The van der Waals surface area contributed by atoms with Crippen LogP contribution in [0.15, 0.2) is 30.5 Å². The summed E-state index contributed by atoms with van der Waals surface area (Å²) in [6, 6.07) is 8.45. The third-order valence-electron chi connectivity index (χ3n) is 4.29. The number of nitrogens with zero attached hydrogens (tertiary/aromatic N) is 3. The average Bonchev–Trinajstić information content (AvgIpc) is 2.54. The normalized spacial score (nSPS) is 12.2. The summed E-state index contributed by atoms with van der Waals surface area (Å²) in [6.07, 6.45) is 2.00. The second-order valence-corrected chi connectivity index (χ2v) is 9.62. The highest BCUT2D eigenvalue weighted by molar-refractivity contribution is 5.24. The van der Waals surface area contributed by atoms with E-state index >= 15 is 0 Å². The van der Waals surface area contributed by atoms with Crippen LogP contribution in [-0.4, -0.2) is 15.2 Å². The van der Waals surface area contributed by atoms with Gasteiger partial charge in [0.15, 0.2) is 0 Å². The van der Waals surface area contributed by atoms with Crippen molar-refractivity contribution >= 4 is 0 Å². The van der Waals surface area contributed by atoms with Crippen LogP contribution in [0.5, 0.6) is 0 Å². The summed E-state index contributed by atoms with van der Waals surface area (Å²) in [6.45, 7) is 21.7. The van der Waals surface area contributed by atoms with Gasteiger partial charge in [0.1, 0.15) is 0 Å². The van der Waals surface area contributed by atoms with Gasteiger partial charge in [0.2, 0.25) is 0 Å². The van der Waals surface area contributed by atoms with Gasteiger partial charge in [-0.1, -0.05) is 75.3 Å². The molecule has 0 amide bonds. The second kappa shape index (κ2) is 8.75. The zero-order valence-corrected chi connectivity index (χ0v) is 18.4. The maximum Gasteiger partial charge on any atom is 0.0656 e. The van der Waals surface area contributed by atoms with Gasteiger partial charge in [0, 0.05) is 17.3 Å². The summed E-state index contributed by atoms with van der Waals surface area (Å²) in [5.74, 6) is 0.942. The first-order chi connectivity index (χ1) is 11.8. The van der Waals surface area contributed by atoms with Crippen LogP contribution in [0, 0.1) is 0 Å². The molecule has 0 bridgehead atoms. The zero-order valence-electron chi connectivity index (χ0n) is 18.4. The lowest BCUT2D eigenvalue weighted by atomic mass is 9.86. The van der Waals surface area contributed by atoms with E-state index in [1.165, 1.54) is 5.56 Å². The van der Waals surface area contributed by atoms with Gasteiger partial charge >= 0.3 is 0 Å². The van der Waals surface area contributed by atoms with E-state index in [9.17, 15) is 0 Å². The number of hydrogen-bond donors (Lipinski definition) is 0. The van der Waals surface area contributed by atoms with Crippen molar-refractivity contribution in [2.24, 2.45) is 0 Å². The van der Waals surface area contributed by atoms with Crippen LogP contribution in [0.2, 0.25) is 0 Å². The van der Waals surface area contributed by atoms with Gasteiger partial charge < -0.3 is 0 Å². The molecule has 0 saturated heterocycles. The fourth-order valence-corrected chi connectivity index (χ4v) is 2.25. The molecule has 26 heavy (non-hydrogen) atoms. The third-order valence-corrected chi connectivity index (χ3v) is 4.29. The van der Waals surface area contributed by atoms with Gasteiger partial charge in [-0.05, 0) is 41.0 Å². The van der Waals surface area contributed by atoms with Crippen LogP contribution >= 0.6 is 0 Å². The van der Waals surface area contributed by atoms with E-state index in [2.05, 4.69) is 109 Å². The molecule has 2 heterocycles. The van der Waals surface area contributed by atoms with Crippen molar-refractivity contribution in [2.75, 3.05) is 0 Å². The van der Waals surface area contributed by atoms with Crippen molar-refractivity contribution in [3.05, 3.63) is 53.1 Å². The number of aromatic nitrogens is 3. The maximum atomic E-state index is 4.52.